The van der Waals surface area contributed by atoms with Crippen LogP contribution >= 0.6 is 0 Å². The number of nitrogens with one attached hydrogen (secondary N) is 1. The number of nitrogens with zero attached hydrogens (tertiary/aromatic N) is 2. The summed E-state index contributed by atoms with van der Waals surface area (Å²) in [6.07, 6.45) is 0.372. The number of hydrogen-bond donors (Lipinski definition) is 1. The standard InChI is InChI=1S/C31H39N3O5S/c1-6-29(31(36)32-7-2)33(21-25-12-10-9-11-24(25)5)30(35)22-34(26-15-17-27(18-16-26)39-8-3)40(37,38)28-19-13-23(4)14-20-28/h9-20,29H,6-8,21-22H2,1-5H3,(H,32,36). The van der Waals surface area contributed by atoms with Crippen molar-refractivity contribution in [1.29, 1.82) is 0 Å². The van der Waals surface area contributed by atoms with Gasteiger partial charge in [0.25, 0.3) is 10.0 Å². The number of rotatable bonds is 13. The van der Waals surface area contributed by atoms with E-state index in [2.05, 4.69) is 5.32 Å². The first kappa shape index (κ1) is 30.7. The number of carbonyl (C=O) groups is 2. The summed E-state index contributed by atoms with van der Waals surface area (Å²) in [6.45, 7) is 9.92. The van der Waals surface area contributed by atoms with Crippen LogP contribution in [0.2, 0.25) is 0 Å². The first-order chi connectivity index (χ1) is 19.1. The molecule has 0 saturated heterocycles. The van der Waals surface area contributed by atoms with Crippen LogP contribution in [0.25, 0.3) is 0 Å². The molecular formula is C31H39N3O5S. The minimum absolute atomic E-state index is 0.0704. The lowest BCUT2D eigenvalue weighted by Gasteiger charge is -2.33. The van der Waals surface area contributed by atoms with Crippen molar-refractivity contribution in [2.45, 2.75) is 58.5 Å². The number of amides is 2. The highest BCUT2D eigenvalue weighted by molar-refractivity contribution is 7.92. The molecule has 0 heterocycles. The molecule has 0 saturated carbocycles. The fourth-order valence-corrected chi connectivity index (χ4v) is 5.84. The molecule has 0 aliphatic rings. The summed E-state index contributed by atoms with van der Waals surface area (Å²) in [5.74, 6) is -0.166. The zero-order valence-corrected chi connectivity index (χ0v) is 24.7. The van der Waals surface area contributed by atoms with E-state index in [0.717, 1.165) is 21.0 Å². The number of ether oxygens (including phenoxy) is 1. The maximum absolute atomic E-state index is 14.1. The van der Waals surface area contributed by atoms with E-state index in [0.29, 0.717) is 31.0 Å². The van der Waals surface area contributed by atoms with Crippen LogP contribution in [0.5, 0.6) is 5.75 Å². The SMILES string of the molecule is CCNC(=O)C(CC)N(Cc1ccccc1C)C(=O)CN(c1ccc(OCC)cc1)S(=O)(=O)c1ccc(C)cc1. The molecule has 2 amide bonds. The van der Waals surface area contributed by atoms with Crippen molar-refractivity contribution in [1.82, 2.24) is 10.2 Å². The minimum Gasteiger partial charge on any atom is -0.494 e. The molecular weight excluding hydrogens is 526 g/mol. The fourth-order valence-electron chi connectivity index (χ4n) is 4.42. The molecule has 0 aromatic heterocycles. The van der Waals surface area contributed by atoms with Crippen LogP contribution in [-0.4, -0.2) is 50.9 Å². The number of aryl methyl sites for hydroxylation is 2. The van der Waals surface area contributed by atoms with Gasteiger partial charge in [0.15, 0.2) is 0 Å². The summed E-state index contributed by atoms with van der Waals surface area (Å²) in [6, 6.07) is 20.0. The Kier molecular flexibility index (Phi) is 10.7. The summed E-state index contributed by atoms with van der Waals surface area (Å²) < 4.78 is 34.5. The van der Waals surface area contributed by atoms with Gasteiger partial charge in [-0.25, -0.2) is 8.42 Å². The van der Waals surface area contributed by atoms with Crippen molar-refractivity contribution < 1.29 is 22.7 Å². The highest BCUT2D eigenvalue weighted by atomic mass is 32.2. The number of hydrogen-bond acceptors (Lipinski definition) is 5. The van der Waals surface area contributed by atoms with Gasteiger partial charge in [0.05, 0.1) is 17.2 Å². The van der Waals surface area contributed by atoms with Gasteiger partial charge in [0, 0.05) is 13.1 Å². The van der Waals surface area contributed by atoms with Crippen molar-refractivity contribution in [2.24, 2.45) is 0 Å². The smallest absolute Gasteiger partial charge is 0.264 e. The quantitative estimate of drug-likeness (QED) is 0.320. The van der Waals surface area contributed by atoms with Gasteiger partial charge in [-0.15, -0.1) is 0 Å². The minimum atomic E-state index is -4.12. The third-order valence-corrected chi connectivity index (χ3v) is 8.45. The monoisotopic (exact) mass is 565 g/mol. The van der Waals surface area contributed by atoms with Gasteiger partial charge in [-0.2, -0.15) is 0 Å². The van der Waals surface area contributed by atoms with E-state index in [4.69, 9.17) is 4.74 Å². The van der Waals surface area contributed by atoms with E-state index in [9.17, 15) is 18.0 Å². The van der Waals surface area contributed by atoms with E-state index < -0.39 is 28.5 Å². The normalized spacial score (nSPS) is 11.9. The molecule has 0 spiro atoms. The molecule has 0 radical (unpaired) electrons. The summed E-state index contributed by atoms with van der Waals surface area (Å²) >= 11 is 0. The average molecular weight is 566 g/mol. The van der Waals surface area contributed by atoms with Gasteiger partial charge < -0.3 is 15.0 Å². The molecule has 1 N–H and O–H groups in total. The number of benzene rings is 3. The van der Waals surface area contributed by atoms with Crippen molar-refractivity contribution >= 4 is 27.5 Å². The summed E-state index contributed by atoms with van der Waals surface area (Å²) in [5, 5.41) is 2.82. The maximum atomic E-state index is 14.1. The molecule has 3 rings (SSSR count). The molecule has 40 heavy (non-hydrogen) atoms. The van der Waals surface area contributed by atoms with Crippen LogP contribution in [0, 0.1) is 13.8 Å². The van der Waals surface area contributed by atoms with Gasteiger partial charge in [-0.1, -0.05) is 48.9 Å². The molecule has 0 bridgehead atoms. The Morgan fingerprint density at radius 2 is 1.55 bits per heavy atom. The summed E-state index contributed by atoms with van der Waals surface area (Å²) in [5.41, 5.74) is 3.09. The molecule has 9 heteroatoms. The summed E-state index contributed by atoms with van der Waals surface area (Å²) in [4.78, 5) is 28.7. The fraction of sp³-hybridized carbons (Fsp3) is 0.355. The van der Waals surface area contributed by atoms with Crippen molar-refractivity contribution in [2.75, 3.05) is 24.0 Å². The van der Waals surface area contributed by atoms with Crippen LogP contribution < -0.4 is 14.4 Å². The van der Waals surface area contributed by atoms with E-state index in [-0.39, 0.29) is 17.3 Å². The maximum Gasteiger partial charge on any atom is 0.264 e. The highest BCUT2D eigenvalue weighted by Crippen LogP contribution is 2.27. The average Bonchev–Trinajstić information content (AvgIpc) is 2.93. The van der Waals surface area contributed by atoms with E-state index in [1.165, 1.54) is 17.0 Å². The molecule has 3 aromatic carbocycles. The van der Waals surface area contributed by atoms with E-state index in [1.54, 1.807) is 36.4 Å². The zero-order chi connectivity index (χ0) is 29.3. The summed E-state index contributed by atoms with van der Waals surface area (Å²) in [7, 11) is -4.12. The lowest BCUT2D eigenvalue weighted by atomic mass is 10.1. The van der Waals surface area contributed by atoms with Gasteiger partial charge in [-0.05, 0) is 81.6 Å². The molecule has 0 fully saturated rings. The molecule has 8 nitrogen and oxygen atoms in total. The highest BCUT2D eigenvalue weighted by Gasteiger charge is 2.33. The van der Waals surface area contributed by atoms with Crippen LogP contribution in [0.1, 0.15) is 43.9 Å². The van der Waals surface area contributed by atoms with Crippen LogP contribution in [0.15, 0.2) is 77.7 Å². The first-order valence-electron chi connectivity index (χ1n) is 13.6. The van der Waals surface area contributed by atoms with Crippen LogP contribution in [0.4, 0.5) is 5.69 Å². The number of likely N-dealkylation sites (N-methyl/N-ethyl adjacent to an activating group) is 1. The first-order valence-corrected chi connectivity index (χ1v) is 15.0. The second-order valence-electron chi connectivity index (χ2n) is 9.52. The molecule has 214 valence electrons. The van der Waals surface area contributed by atoms with Gasteiger partial charge in [0.2, 0.25) is 11.8 Å². The van der Waals surface area contributed by atoms with Crippen molar-refractivity contribution in [3.05, 3.63) is 89.5 Å². The largest absolute Gasteiger partial charge is 0.494 e. The van der Waals surface area contributed by atoms with E-state index >= 15 is 0 Å². The van der Waals surface area contributed by atoms with Crippen LogP contribution in [-0.2, 0) is 26.2 Å². The molecule has 0 aliphatic carbocycles. The predicted octanol–water partition coefficient (Wildman–Crippen LogP) is 4.84. The topological polar surface area (TPSA) is 96.0 Å². The number of anilines is 1. The van der Waals surface area contributed by atoms with Crippen molar-refractivity contribution in [3.63, 3.8) is 0 Å². The Balaban J connectivity index is 2.07. The van der Waals surface area contributed by atoms with E-state index in [1.807, 2.05) is 58.9 Å². The Morgan fingerprint density at radius 1 is 0.900 bits per heavy atom. The third kappa shape index (κ3) is 7.41. The third-order valence-electron chi connectivity index (χ3n) is 6.66. The second-order valence-corrected chi connectivity index (χ2v) is 11.4. The predicted molar refractivity (Wildman–Crippen MR) is 158 cm³/mol. The second kappa shape index (κ2) is 14.0. The van der Waals surface area contributed by atoms with Gasteiger partial charge in [0.1, 0.15) is 18.3 Å². The Bertz CT molecular complexity index is 1390. The van der Waals surface area contributed by atoms with Crippen molar-refractivity contribution in [3.8, 4) is 5.75 Å². The number of sulfonamides is 1. The zero-order valence-electron chi connectivity index (χ0n) is 23.9. The lowest BCUT2D eigenvalue weighted by molar-refractivity contribution is -0.140. The Hall–Kier alpha value is -3.85. The molecule has 1 atom stereocenters. The molecule has 0 aliphatic heterocycles. The molecule has 1 unspecified atom stereocenters. The Labute approximate surface area is 238 Å². The lowest BCUT2D eigenvalue weighted by Crippen LogP contribution is -2.52. The Morgan fingerprint density at radius 3 is 2.12 bits per heavy atom. The van der Waals surface area contributed by atoms with Gasteiger partial charge in [-0.3, -0.25) is 13.9 Å². The van der Waals surface area contributed by atoms with Gasteiger partial charge >= 0.3 is 0 Å². The number of carbonyl (C=O) groups excluding carboxylic acids is 2. The molecule has 3 aromatic rings. The van der Waals surface area contributed by atoms with Crippen LogP contribution in [0.3, 0.4) is 0 Å².